The third-order valence-electron chi connectivity index (χ3n) is 5.44. The van der Waals surface area contributed by atoms with Gasteiger partial charge in [0.15, 0.2) is 0 Å². The number of anilines is 1. The first-order chi connectivity index (χ1) is 14.6. The summed E-state index contributed by atoms with van der Waals surface area (Å²) in [6, 6.07) is 7.28. The van der Waals surface area contributed by atoms with Crippen molar-refractivity contribution in [3.63, 3.8) is 0 Å². The SMILES string of the molecule is CN1C(=O)[C@@H](NC(=O)c2cc3c(cn2)COC3(C)CC(F)(F)F)COc2ccccc21. The van der Waals surface area contributed by atoms with E-state index < -0.39 is 30.1 Å². The van der Waals surface area contributed by atoms with Gasteiger partial charge in [0.05, 0.1) is 24.3 Å². The Labute approximate surface area is 176 Å². The molecule has 10 heteroatoms. The first-order valence-electron chi connectivity index (χ1n) is 9.58. The molecule has 0 aliphatic carbocycles. The molecule has 0 spiro atoms. The maximum absolute atomic E-state index is 13.0. The van der Waals surface area contributed by atoms with Crippen molar-refractivity contribution in [2.75, 3.05) is 18.6 Å². The molecule has 164 valence electrons. The summed E-state index contributed by atoms with van der Waals surface area (Å²) >= 11 is 0. The van der Waals surface area contributed by atoms with Crippen molar-refractivity contribution in [1.29, 1.82) is 0 Å². The summed E-state index contributed by atoms with van der Waals surface area (Å²) in [5, 5.41) is 2.58. The number of pyridine rings is 1. The first-order valence-corrected chi connectivity index (χ1v) is 9.58. The number of benzene rings is 1. The summed E-state index contributed by atoms with van der Waals surface area (Å²) in [6.45, 7) is 1.23. The van der Waals surface area contributed by atoms with Gasteiger partial charge in [-0.05, 0) is 30.7 Å². The number of halogens is 3. The Morgan fingerprint density at radius 3 is 2.84 bits per heavy atom. The van der Waals surface area contributed by atoms with Gasteiger partial charge in [-0.15, -0.1) is 0 Å². The van der Waals surface area contributed by atoms with E-state index in [0.717, 1.165) is 0 Å². The molecule has 2 aliphatic heterocycles. The van der Waals surface area contributed by atoms with Gasteiger partial charge in [0, 0.05) is 18.8 Å². The van der Waals surface area contributed by atoms with Crippen LogP contribution in [0.2, 0.25) is 0 Å². The van der Waals surface area contributed by atoms with Gasteiger partial charge in [0.25, 0.3) is 11.8 Å². The van der Waals surface area contributed by atoms with E-state index in [-0.39, 0.29) is 30.4 Å². The van der Waals surface area contributed by atoms with E-state index in [1.165, 1.54) is 24.1 Å². The van der Waals surface area contributed by atoms with Crippen LogP contribution in [0, 0.1) is 0 Å². The fourth-order valence-corrected chi connectivity index (χ4v) is 3.85. The largest absolute Gasteiger partial charge is 0.489 e. The number of nitrogens with one attached hydrogen (secondary N) is 1. The Hall–Kier alpha value is -3.14. The molecule has 0 fully saturated rings. The molecule has 1 aromatic heterocycles. The summed E-state index contributed by atoms with van der Waals surface area (Å²) in [6.07, 6.45) is -4.29. The summed E-state index contributed by atoms with van der Waals surface area (Å²) in [5.41, 5.74) is -0.380. The molecule has 1 unspecified atom stereocenters. The highest BCUT2D eigenvalue weighted by molar-refractivity contribution is 6.02. The molecule has 2 amide bonds. The molecule has 2 atom stereocenters. The predicted molar refractivity (Wildman–Crippen MR) is 104 cm³/mol. The molecule has 0 radical (unpaired) electrons. The van der Waals surface area contributed by atoms with Crippen molar-refractivity contribution in [3.8, 4) is 5.75 Å². The van der Waals surface area contributed by atoms with Crippen LogP contribution in [0.4, 0.5) is 18.9 Å². The van der Waals surface area contributed by atoms with Gasteiger partial charge in [-0.1, -0.05) is 12.1 Å². The van der Waals surface area contributed by atoms with E-state index in [4.69, 9.17) is 9.47 Å². The number of hydrogen-bond acceptors (Lipinski definition) is 5. The topological polar surface area (TPSA) is 80.8 Å². The lowest BCUT2D eigenvalue weighted by Gasteiger charge is -2.26. The van der Waals surface area contributed by atoms with E-state index in [1.807, 2.05) is 0 Å². The van der Waals surface area contributed by atoms with Gasteiger partial charge in [-0.2, -0.15) is 13.2 Å². The monoisotopic (exact) mass is 435 g/mol. The van der Waals surface area contributed by atoms with Crippen molar-refractivity contribution in [2.24, 2.45) is 0 Å². The lowest BCUT2D eigenvalue weighted by Crippen LogP contribution is -2.49. The van der Waals surface area contributed by atoms with Gasteiger partial charge in [-0.25, -0.2) is 0 Å². The van der Waals surface area contributed by atoms with Crippen LogP contribution in [-0.4, -0.2) is 42.7 Å². The van der Waals surface area contributed by atoms with Crippen molar-refractivity contribution < 1.29 is 32.2 Å². The number of rotatable bonds is 3. The highest BCUT2D eigenvalue weighted by Gasteiger charge is 2.45. The highest BCUT2D eigenvalue weighted by atomic mass is 19.4. The summed E-state index contributed by atoms with van der Waals surface area (Å²) in [5.74, 6) is -0.569. The number of likely N-dealkylation sites (N-methyl/N-ethyl adjacent to an activating group) is 1. The number of hydrogen-bond donors (Lipinski definition) is 1. The lowest BCUT2D eigenvalue weighted by atomic mass is 9.91. The van der Waals surface area contributed by atoms with Crippen LogP contribution in [-0.2, 0) is 21.7 Å². The van der Waals surface area contributed by atoms with E-state index in [1.54, 1.807) is 31.3 Å². The van der Waals surface area contributed by atoms with E-state index in [0.29, 0.717) is 17.0 Å². The quantitative estimate of drug-likeness (QED) is 0.802. The number of carbonyl (C=O) groups is 2. The third-order valence-corrected chi connectivity index (χ3v) is 5.44. The normalized spacial score (nSPS) is 22.9. The average Bonchev–Trinajstić information content (AvgIpc) is 2.98. The smallest absolute Gasteiger partial charge is 0.392 e. The third kappa shape index (κ3) is 4.07. The van der Waals surface area contributed by atoms with Gasteiger partial charge in [0.1, 0.15) is 24.1 Å². The number of nitrogens with zero attached hydrogens (tertiary/aromatic N) is 2. The van der Waals surface area contributed by atoms with Crippen LogP contribution in [0.3, 0.4) is 0 Å². The minimum atomic E-state index is -4.44. The zero-order chi connectivity index (χ0) is 22.4. The summed E-state index contributed by atoms with van der Waals surface area (Å²) in [7, 11) is 1.57. The Morgan fingerprint density at radius 1 is 1.35 bits per heavy atom. The number of aromatic nitrogens is 1. The number of para-hydroxylation sites is 2. The van der Waals surface area contributed by atoms with Crippen molar-refractivity contribution in [2.45, 2.75) is 37.8 Å². The number of amides is 2. The zero-order valence-corrected chi connectivity index (χ0v) is 16.8. The van der Waals surface area contributed by atoms with Gasteiger partial charge >= 0.3 is 6.18 Å². The van der Waals surface area contributed by atoms with Gasteiger partial charge < -0.3 is 19.7 Å². The number of alkyl halides is 3. The van der Waals surface area contributed by atoms with Crippen LogP contribution in [0.15, 0.2) is 36.5 Å². The van der Waals surface area contributed by atoms with Gasteiger partial charge in [-0.3, -0.25) is 14.6 Å². The minimum Gasteiger partial charge on any atom is -0.489 e. The standard InChI is InChI=1S/C21H20F3N3O4/c1-20(11-21(22,23)24)13-7-14(25-8-12(13)9-31-20)18(28)26-15-10-30-17-6-4-3-5-16(17)27(2)19(15)29/h3-8,15H,9-11H2,1-2H3,(H,26,28)/t15-,20?/m0/s1. The molecule has 0 saturated carbocycles. The van der Waals surface area contributed by atoms with Crippen LogP contribution in [0.5, 0.6) is 5.75 Å². The van der Waals surface area contributed by atoms with Crippen molar-refractivity contribution >= 4 is 17.5 Å². The molecule has 7 nitrogen and oxygen atoms in total. The van der Waals surface area contributed by atoms with E-state index in [9.17, 15) is 22.8 Å². The van der Waals surface area contributed by atoms with E-state index >= 15 is 0 Å². The number of fused-ring (bicyclic) bond motifs is 2. The Morgan fingerprint density at radius 2 is 2.10 bits per heavy atom. The molecule has 3 heterocycles. The Bertz CT molecular complexity index is 1040. The molecule has 2 aliphatic rings. The molecule has 2 aromatic rings. The van der Waals surface area contributed by atoms with Crippen molar-refractivity contribution in [1.82, 2.24) is 10.3 Å². The molecule has 0 saturated heterocycles. The summed E-state index contributed by atoms with van der Waals surface area (Å²) in [4.78, 5) is 31.0. The first kappa shape index (κ1) is 21.1. The number of ether oxygens (including phenoxy) is 2. The summed E-state index contributed by atoms with van der Waals surface area (Å²) < 4.78 is 50.1. The Balaban J connectivity index is 1.54. The number of carbonyl (C=O) groups excluding carboxylic acids is 2. The Kier molecular flexibility index (Phi) is 5.12. The molecule has 1 aromatic carbocycles. The molecule has 1 N–H and O–H groups in total. The minimum absolute atomic E-state index is 0.0190. The van der Waals surface area contributed by atoms with Crippen LogP contribution in [0.25, 0.3) is 0 Å². The molecular weight excluding hydrogens is 415 g/mol. The fourth-order valence-electron chi connectivity index (χ4n) is 3.85. The van der Waals surface area contributed by atoms with Crippen LogP contribution < -0.4 is 15.0 Å². The second-order valence-corrected chi connectivity index (χ2v) is 7.74. The predicted octanol–water partition coefficient (Wildman–Crippen LogP) is 2.93. The second-order valence-electron chi connectivity index (χ2n) is 7.74. The van der Waals surface area contributed by atoms with Crippen molar-refractivity contribution in [3.05, 3.63) is 53.3 Å². The highest BCUT2D eigenvalue weighted by Crippen LogP contribution is 2.43. The maximum atomic E-state index is 13.0. The maximum Gasteiger partial charge on any atom is 0.392 e. The van der Waals surface area contributed by atoms with Gasteiger partial charge in [0.2, 0.25) is 0 Å². The average molecular weight is 435 g/mol. The molecule has 0 bridgehead atoms. The van der Waals surface area contributed by atoms with Crippen LogP contribution >= 0.6 is 0 Å². The fraction of sp³-hybridized carbons (Fsp3) is 0.381. The molecule has 4 rings (SSSR count). The lowest BCUT2D eigenvalue weighted by molar-refractivity contribution is -0.184. The zero-order valence-electron chi connectivity index (χ0n) is 16.8. The molecular formula is C21H20F3N3O4. The second kappa shape index (κ2) is 7.52. The van der Waals surface area contributed by atoms with E-state index in [2.05, 4.69) is 10.3 Å². The van der Waals surface area contributed by atoms with Crippen LogP contribution in [0.1, 0.15) is 35.0 Å². The molecule has 31 heavy (non-hydrogen) atoms.